The number of carbonyl (C=O) groups is 1. The largest absolute Gasteiger partial charge is 0.481 e. The minimum absolute atomic E-state index is 0.167. The lowest BCUT2D eigenvalue weighted by atomic mass is 9.76. The molecule has 4 rings (SSSR count). The van der Waals surface area contributed by atoms with E-state index in [1.807, 2.05) is 12.1 Å². The van der Waals surface area contributed by atoms with Crippen molar-refractivity contribution in [2.75, 3.05) is 26.3 Å². The number of carboxylic acids is 1. The number of nitrogens with zero attached hydrogens (tertiary/aromatic N) is 1. The van der Waals surface area contributed by atoms with Crippen molar-refractivity contribution in [1.29, 1.82) is 0 Å². The van der Waals surface area contributed by atoms with Crippen LogP contribution in [0, 0.1) is 18.3 Å². The van der Waals surface area contributed by atoms with Gasteiger partial charge in [-0.05, 0) is 37.5 Å². The molecule has 2 aliphatic heterocycles. The Kier molecular flexibility index (Phi) is 3.43. The molecule has 5 nitrogen and oxygen atoms in total. The van der Waals surface area contributed by atoms with Crippen LogP contribution in [0.3, 0.4) is 0 Å². The van der Waals surface area contributed by atoms with E-state index >= 15 is 0 Å². The highest BCUT2D eigenvalue weighted by molar-refractivity contribution is 5.78. The maximum atomic E-state index is 11.8. The van der Waals surface area contributed by atoms with Gasteiger partial charge >= 0.3 is 5.97 Å². The van der Waals surface area contributed by atoms with Crippen molar-refractivity contribution in [1.82, 2.24) is 4.90 Å². The van der Waals surface area contributed by atoms with E-state index in [-0.39, 0.29) is 5.92 Å². The van der Waals surface area contributed by atoms with Gasteiger partial charge in [0.1, 0.15) is 16.8 Å². The highest BCUT2D eigenvalue weighted by Gasteiger charge is 2.54. The first-order chi connectivity index (χ1) is 11.1. The normalized spacial score (nSPS) is 28.1. The summed E-state index contributed by atoms with van der Waals surface area (Å²) >= 11 is 0. The number of fused-ring (bicyclic) bond motifs is 2. The summed E-state index contributed by atoms with van der Waals surface area (Å²) in [5.74, 6) is 0.330. The summed E-state index contributed by atoms with van der Waals surface area (Å²) in [5.41, 5.74) is 1.35. The van der Waals surface area contributed by atoms with Crippen molar-refractivity contribution in [2.45, 2.75) is 19.9 Å². The van der Waals surface area contributed by atoms with Gasteiger partial charge in [0, 0.05) is 25.1 Å². The van der Waals surface area contributed by atoms with Gasteiger partial charge in [-0.2, -0.15) is 0 Å². The van der Waals surface area contributed by atoms with Crippen molar-refractivity contribution in [3.8, 4) is 0 Å². The topological polar surface area (TPSA) is 62.9 Å². The van der Waals surface area contributed by atoms with E-state index in [9.17, 15) is 9.90 Å². The first-order valence-corrected chi connectivity index (χ1v) is 8.09. The minimum atomic E-state index is -0.749. The number of hydrogen-bond donors (Lipinski definition) is 1. The lowest BCUT2D eigenvalue weighted by Gasteiger charge is -2.34. The fourth-order valence-electron chi connectivity index (χ4n) is 4.03. The van der Waals surface area contributed by atoms with Crippen LogP contribution in [0.25, 0.3) is 11.0 Å². The number of aliphatic carboxylic acids is 1. The summed E-state index contributed by atoms with van der Waals surface area (Å²) < 4.78 is 11.4. The van der Waals surface area contributed by atoms with E-state index in [1.54, 1.807) is 0 Å². The molecular weight excluding hydrogens is 294 g/mol. The third-order valence-electron chi connectivity index (χ3n) is 5.26. The number of hydrogen-bond acceptors (Lipinski definition) is 4. The molecule has 122 valence electrons. The zero-order valence-electron chi connectivity index (χ0n) is 13.2. The fraction of sp³-hybridized carbons (Fsp3) is 0.500. The predicted molar refractivity (Wildman–Crippen MR) is 85.2 cm³/mol. The van der Waals surface area contributed by atoms with Crippen LogP contribution >= 0.6 is 0 Å². The molecule has 3 heterocycles. The third kappa shape index (κ3) is 2.44. The van der Waals surface area contributed by atoms with Gasteiger partial charge in [0.05, 0.1) is 13.2 Å². The van der Waals surface area contributed by atoms with Crippen LogP contribution in [0.2, 0.25) is 0 Å². The summed E-state index contributed by atoms with van der Waals surface area (Å²) in [5, 5.41) is 10.8. The second-order valence-electron chi connectivity index (χ2n) is 6.92. The molecule has 2 saturated heterocycles. The smallest absolute Gasteiger partial charge is 0.313 e. The molecule has 1 aromatic carbocycles. The molecule has 2 aromatic rings. The van der Waals surface area contributed by atoms with Gasteiger partial charge in [-0.25, -0.2) is 0 Å². The lowest BCUT2D eigenvalue weighted by molar-refractivity contribution is -0.159. The molecule has 1 N–H and O–H groups in total. The zero-order chi connectivity index (χ0) is 16.0. The molecule has 0 spiro atoms. The SMILES string of the molecule is Cc1ccc2oc(CN3C[C@@H]4CCOC[C@]4(C(=O)O)C3)cc2c1. The maximum Gasteiger partial charge on any atom is 0.313 e. The Morgan fingerprint density at radius 3 is 3.09 bits per heavy atom. The molecule has 1 aromatic heterocycles. The number of carboxylic acid groups (broad SMARTS) is 1. The number of benzene rings is 1. The van der Waals surface area contributed by atoms with Crippen molar-refractivity contribution in [3.05, 3.63) is 35.6 Å². The number of likely N-dealkylation sites (tertiary alicyclic amines) is 1. The standard InChI is InChI=1S/C18H21NO4/c1-12-2-3-16-13(6-12)7-15(23-16)9-19-8-14-4-5-22-11-18(14,10-19)17(20)21/h2-3,6-7,14H,4-5,8-11H2,1H3,(H,20,21)/t14-,18+/m0/s1. The monoisotopic (exact) mass is 315 g/mol. The van der Waals surface area contributed by atoms with Crippen molar-refractivity contribution >= 4 is 16.9 Å². The molecule has 2 atom stereocenters. The molecule has 0 amide bonds. The Morgan fingerprint density at radius 1 is 1.43 bits per heavy atom. The van der Waals surface area contributed by atoms with Gasteiger partial charge in [0.15, 0.2) is 0 Å². The number of aryl methyl sites for hydroxylation is 1. The number of ether oxygens (including phenoxy) is 1. The first kappa shape index (κ1) is 14.7. The number of rotatable bonds is 3. The Morgan fingerprint density at radius 2 is 2.30 bits per heavy atom. The highest BCUT2D eigenvalue weighted by Crippen LogP contribution is 2.42. The molecule has 2 fully saturated rings. The molecule has 0 bridgehead atoms. The van der Waals surface area contributed by atoms with E-state index in [0.717, 1.165) is 29.7 Å². The zero-order valence-corrected chi connectivity index (χ0v) is 13.2. The van der Waals surface area contributed by atoms with Crippen LogP contribution < -0.4 is 0 Å². The molecule has 0 unspecified atom stereocenters. The Labute approximate surface area is 134 Å². The molecule has 2 aliphatic rings. The minimum Gasteiger partial charge on any atom is -0.481 e. The van der Waals surface area contributed by atoms with Gasteiger partial charge in [-0.15, -0.1) is 0 Å². The van der Waals surface area contributed by atoms with E-state index < -0.39 is 11.4 Å². The molecule has 0 aliphatic carbocycles. The van der Waals surface area contributed by atoms with Crippen LogP contribution in [-0.4, -0.2) is 42.3 Å². The van der Waals surface area contributed by atoms with Gasteiger partial charge in [-0.1, -0.05) is 11.6 Å². The summed E-state index contributed by atoms with van der Waals surface area (Å²) in [6.07, 6.45) is 0.822. The van der Waals surface area contributed by atoms with Crippen molar-refractivity contribution < 1.29 is 19.1 Å². The van der Waals surface area contributed by atoms with Gasteiger partial charge in [-0.3, -0.25) is 9.69 Å². The Hall–Kier alpha value is -1.85. The first-order valence-electron chi connectivity index (χ1n) is 8.09. The van der Waals surface area contributed by atoms with E-state index in [2.05, 4.69) is 24.0 Å². The van der Waals surface area contributed by atoms with Crippen LogP contribution in [0.4, 0.5) is 0 Å². The van der Waals surface area contributed by atoms with E-state index in [0.29, 0.717) is 26.3 Å². The second-order valence-corrected chi connectivity index (χ2v) is 6.92. The molecule has 0 radical (unpaired) electrons. The lowest BCUT2D eigenvalue weighted by Crippen LogP contribution is -2.46. The fourth-order valence-corrected chi connectivity index (χ4v) is 4.03. The van der Waals surface area contributed by atoms with Gasteiger partial charge in [0.25, 0.3) is 0 Å². The summed E-state index contributed by atoms with van der Waals surface area (Å²) in [6.45, 7) is 5.03. The van der Waals surface area contributed by atoms with Gasteiger partial charge < -0.3 is 14.3 Å². The van der Waals surface area contributed by atoms with Crippen LogP contribution in [0.15, 0.2) is 28.7 Å². The average molecular weight is 315 g/mol. The third-order valence-corrected chi connectivity index (χ3v) is 5.26. The van der Waals surface area contributed by atoms with Crippen molar-refractivity contribution in [3.63, 3.8) is 0 Å². The molecule has 0 saturated carbocycles. The summed E-state index contributed by atoms with van der Waals surface area (Å²) in [4.78, 5) is 14.0. The predicted octanol–water partition coefficient (Wildman–Crippen LogP) is 2.66. The summed E-state index contributed by atoms with van der Waals surface area (Å²) in [7, 11) is 0. The molecular formula is C18H21NO4. The second kappa shape index (κ2) is 5.35. The Bertz CT molecular complexity index is 753. The highest BCUT2D eigenvalue weighted by atomic mass is 16.5. The Balaban J connectivity index is 1.56. The van der Waals surface area contributed by atoms with E-state index in [1.165, 1.54) is 5.56 Å². The summed E-state index contributed by atoms with van der Waals surface area (Å²) in [6, 6.07) is 8.20. The number of furan rings is 1. The molecule has 23 heavy (non-hydrogen) atoms. The van der Waals surface area contributed by atoms with Crippen LogP contribution in [0.5, 0.6) is 0 Å². The quantitative estimate of drug-likeness (QED) is 0.943. The maximum absolute atomic E-state index is 11.8. The van der Waals surface area contributed by atoms with Gasteiger partial charge in [0.2, 0.25) is 0 Å². The average Bonchev–Trinajstić information content (AvgIpc) is 3.07. The van der Waals surface area contributed by atoms with Crippen LogP contribution in [0.1, 0.15) is 17.7 Å². The van der Waals surface area contributed by atoms with Crippen LogP contribution in [-0.2, 0) is 16.1 Å². The molecule has 5 heteroatoms. The van der Waals surface area contributed by atoms with Crippen molar-refractivity contribution in [2.24, 2.45) is 11.3 Å². The van der Waals surface area contributed by atoms with E-state index in [4.69, 9.17) is 9.15 Å².